The highest BCUT2D eigenvalue weighted by molar-refractivity contribution is 5.44. The van der Waals surface area contributed by atoms with E-state index in [0.717, 1.165) is 5.69 Å². The van der Waals surface area contributed by atoms with Crippen molar-refractivity contribution in [2.45, 2.75) is 0 Å². The average Bonchev–Trinajstić information content (AvgIpc) is 2.06. The first kappa shape index (κ1) is 7.75. The molecule has 0 aromatic carbocycles. The fourth-order valence-corrected chi connectivity index (χ4v) is 0.680. The van der Waals surface area contributed by atoms with Crippen LogP contribution < -0.4 is 5.32 Å². The van der Waals surface area contributed by atoms with Crippen LogP contribution in [0.25, 0.3) is 0 Å². The van der Waals surface area contributed by atoms with Gasteiger partial charge in [-0.15, -0.1) is 0 Å². The maximum Gasteiger partial charge on any atom is 0.0824 e. The number of aromatic nitrogens is 1. The minimum absolute atomic E-state index is 0.0606. The second-order valence-electron chi connectivity index (χ2n) is 2.13. The van der Waals surface area contributed by atoms with Crippen molar-refractivity contribution in [1.29, 1.82) is 0 Å². The number of pyridine rings is 1. The predicted octanol–water partition coefficient (Wildman–Crippen LogP) is 0.999. The minimum Gasteiger partial charge on any atom is -0.390 e. The Morgan fingerprint density at radius 1 is 1.73 bits per heavy atom. The molecule has 1 heterocycles. The van der Waals surface area contributed by atoms with Crippen LogP contribution in [0.5, 0.6) is 0 Å². The monoisotopic (exact) mass is 150 g/mol. The highest BCUT2D eigenvalue weighted by atomic mass is 16.3. The summed E-state index contributed by atoms with van der Waals surface area (Å²) < 4.78 is 0. The summed E-state index contributed by atoms with van der Waals surface area (Å²) in [5, 5.41) is 11.5. The summed E-state index contributed by atoms with van der Waals surface area (Å²) in [6, 6.07) is 3.67. The third kappa shape index (κ3) is 2.39. The van der Waals surface area contributed by atoms with E-state index in [2.05, 4.69) is 16.9 Å². The molecule has 0 saturated heterocycles. The number of rotatable bonds is 3. The van der Waals surface area contributed by atoms with Crippen molar-refractivity contribution >= 4 is 5.69 Å². The van der Waals surface area contributed by atoms with Crippen molar-refractivity contribution < 1.29 is 5.11 Å². The van der Waals surface area contributed by atoms with Crippen LogP contribution in [0.2, 0.25) is 0 Å². The highest BCUT2D eigenvalue weighted by Gasteiger charge is 1.91. The SMILES string of the molecule is C=C(CO)Nc1cccnc1. The average molecular weight is 150 g/mol. The van der Waals surface area contributed by atoms with Crippen molar-refractivity contribution in [2.24, 2.45) is 0 Å². The van der Waals surface area contributed by atoms with Gasteiger partial charge in [-0.3, -0.25) is 4.98 Å². The molecule has 0 saturated carbocycles. The first-order valence-electron chi connectivity index (χ1n) is 3.28. The lowest BCUT2D eigenvalue weighted by Crippen LogP contribution is -2.01. The first-order chi connectivity index (χ1) is 5.33. The maximum atomic E-state index is 8.61. The molecule has 1 rings (SSSR count). The molecule has 0 unspecified atom stereocenters. The van der Waals surface area contributed by atoms with Crippen LogP contribution in [0.3, 0.4) is 0 Å². The van der Waals surface area contributed by atoms with Gasteiger partial charge in [0.2, 0.25) is 0 Å². The number of nitrogens with one attached hydrogen (secondary N) is 1. The lowest BCUT2D eigenvalue weighted by Gasteiger charge is -2.04. The zero-order valence-corrected chi connectivity index (χ0v) is 6.12. The number of aliphatic hydroxyl groups excluding tert-OH is 1. The maximum absolute atomic E-state index is 8.61. The molecule has 0 bridgehead atoms. The molecule has 58 valence electrons. The summed E-state index contributed by atoms with van der Waals surface area (Å²) in [6.07, 6.45) is 3.35. The topological polar surface area (TPSA) is 45.1 Å². The predicted molar refractivity (Wildman–Crippen MR) is 44.1 cm³/mol. The molecule has 1 aromatic rings. The van der Waals surface area contributed by atoms with Gasteiger partial charge in [0.05, 0.1) is 18.5 Å². The van der Waals surface area contributed by atoms with Gasteiger partial charge in [-0.25, -0.2) is 0 Å². The second kappa shape index (κ2) is 3.73. The Kier molecular flexibility index (Phi) is 2.63. The highest BCUT2D eigenvalue weighted by Crippen LogP contribution is 2.04. The number of hydrogen-bond acceptors (Lipinski definition) is 3. The van der Waals surface area contributed by atoms with Crippen molar-refractivity contribution in [3.8, 4) is 0 Å². The van der Waals surface area contributed by atoms with E-state index in [4.69, 9.17) is 5.11 Å². The van der Waals surface area contributed by atoms with Crippen molar-refractivity contribution in [3.05, 3.63) is 36.8 Å². The van der Waals surface area contributed by atoms with E-state index in [0.29, 0.717) is 5.70 Å². The molecular formula is C8H10N2O. The van der Waals surface area contributed by atoms with Gasteiger partial charge in [0.25, 0.3) is 0 Å². The summed E-state index contributed by atoms with van der Waals surface area (Å²) in [5.74, 6) is 0. The van der Waals surface area contributed by atoms with Crippen LogP contribution in [-0.4, -0.2) is 16.7 Å². The molecule has 0 fully saturated rings. The van der Waals surface area contributed by atoms with Gasteiger partial charge in [0.1, 0.15) is 0 Å². The number of nitrogens with zero attached hydrogens (tertiary/aromatic N) is 1. The molecule has 0 aliphatic carbocycles. The van der Waals surface area contributed by atoms with Gasteiger partial charge >= 0.3 is 0 Å². The molecule has 2 N–H and O–H groups in total. The molecule has 1 aromatic heterocycles. The Bertz CT molecular complexity index is 233. The Balaban J connectivity index is 2.58. The molecule has 0 aliphatic heterocycles. The van der Waals surface area contributed by atoms with Crippen LogP contribution >= 0.6 is 0 Å². The fourth-order valence-electron chi connectivity index (χ4n) is 0.680. The summed E-state index contributed by atoms with van der Waals surface area (Å²) in [4.78, 5) is 3.89. The van der Waals surface area contributed by atoms with Gasteiger partial charge in [0, 0.05) is 11.9 Å². The standard InChI is InChI=1S/C8H10N2O/c1-7(6-11)10-8-3-2-4-9-5-8/h2-5,10-11H,1,6H2. The van der Waals surface area contributed by atoms with Gasteiger partial charge in [0.15, 0.2) is 0 Å². The van der Waals surface area contributed by atoms with E-state index in [9.17, 15) is 0 Å². The molecule has 11 heavy (non-hydrogen) atoms. The first-order valence-corrected chi connectivity index (χ1v) is 3.28. The van der Waals surface area contributed by atoms with E-state index in [-0.39, 0.29) is 6.61 Å². The molecular weight excluding hydrogens is 140 g/mol. The molecule has 0 aliphatic rings. The minimum atomic E-state index is -0.0606. The zero-order chi connectivity index (χ0) is 8.10. The number of aliphatic hydroxyl groups is 1. The summed E-state index contributed by atoms with van der Waals surface area (Å²) >= 11 is 0. The lowest BCUT2D eigenvalue weighted by molar-refractivity contribution is 0.333. The molecule has 3 heteroatoms. The number of hydrogen-bond donors (Lipinski definition) is 2. The van der Waals surface area contributed by atoms with Gasteiger partial charge < -0.3 is 10.4 Å². The number of anilines is 1. The third-order valence-corrected chi connectivity index (χ3v) is 1.17. The third-order valence-electron chi connectivity index (χ3n) is 1.17. The van der Waals surface area contributed by atoms with E-state index in [1.165, 1.54) is 0 Å². The molecule has 0 atom stereocenters. The van der Waals surface area contributed by atoms with Crippen LogP contribution in [0, 0.1) is 0 Å². The van der Waals surface area contributed by atoms with Gasteiger partial charge in [-0.05, 0) is 12.1 Å². The van der Waals surface area contributed by atoms with E-state index in [1.807, 2.05) is 12.1 Å². The Morgan fingerprint density at radius 3 is 3.09 bits per heavy atom. The molecule has 0 amide bonds. The largest absolute Gasteiger partial charge is 0.390 e. The Morgan fingerprint density at radius 2 is 2.55 bits per heavy atom. The van der Waals surface area contributed by atoms with Gasteiger partial charge in [-0.2, -0.15) is 0 Å². The summed E-state index contributed by atoms with van der Waals surface area (Å²) in [6.45, 7) is 3.52. The van der Waals surface area contributed by atoms with E-state index in [1.54, 1.807) is 12.4 Å². The smallest absolute Gasteiger partial charge is 0.0824 e. The van der Waals surface area contributed by atoms with Crippen LogP contribution in [0.4, 0.5) is 5.69 Å². The van der Waals surface area contributed by atoms with E-state index < -0.39 is 0 Å². The van der Waals surface area contributed by atoms with Crippen LogP contribution in [-0.2, 0) is 0 Å². The van der Waals surface area contributed by atoms with Crippen molar-refractivity contribution in [1.82, 2.24) is 4.98 Å². The quantitative estimate of drug-likeness (QED) is 0.675. The fraction of sp³-hybridized carbons (Fsp3) is 0.125. The summed E-state index contributed by atoms with van der Waals surface area (Å²) in [5.41, 5.74) is 1.41. The summed E-state index contributed by atoms with van der Waals surface area (Å²) in [7, 11) is 0. The molecule has 0 radical (unpaired) electrons. The molecule has 3 nitrogen and oxygen atoms in total. The zero-order valence-electron chi connectivity index (χ0n) is 6.12. The van der Waals surface area contributed by atoms with Crippen LogP contribution in [0.15, 0.2) is 36.8 Å². The van der Waals surface area contributed by atoms with E-state index >= 15 is 0 Å². The van der Waals surface area contributed by atoms with Crippen LogP contribution in [0.1, 0.15) is 0 Å². The van der Waals surface area contributed by atoms with Crippen molar-refractivity contribution in [3.63, 3.8) is 0 Å². The Hall–Kier alpha value is -1.35. The lowest BCUT2D eigenvalue weighted by atomic mass is 10.4. The van der Waals surface area contributed by atoms with Gasteiger partial charge in [-0.1, -0.05) is 6.58 Å². The molecule has 0 spiro atoms. The Labute approximate surface area is 65.4 Å². The van der Waals surface area contributed by atoms with Crippen molar-refractivity contribution in [2.75, 3.05) is 11.9 Å². The normalized spacial score (nSPS) is 9.18. The second-order valence-corrected chi connectivity index (χ2v) is 2.13.